The summed E-state index contributed by atoms with van der Waals surface area (Å²) in [5, 5.41) is 20.5. The van der Waals surface area contributed by atoms with Crippen molar-refractivity contribution in [2.45, 2.75) is 186 Å². The van der Waals surface area contributed by atoms with Crippen molar-refractivity contribution in [2.75, 3.05) is 0 Å². The quantitative estimate of drug-likeness (QED) is 0.156. The molecule has 2 unspecified atom stereocenters. The van der Waals surface area contributed by atoms with E-state index in [1.807, 2.05) is 0 Å². The minimum absolute atomic E-state index is 0.0160. The Balaban J connectivity index is 0.963. The molecule has 8 fully saturated rings. The monoisotopic (exact) mass is 937 g/mol. The molecular weight excluding hydrogens is 853 g/mol. The predicted molar refractivity (Wildman–Crippen MR) is 268 cm³/mol. The Morgan fingerprint density at radius 3 is 1.20 bits per heavy atom. The summed E-state index contributed by atoms with van der Waals surface area (Å²) < 4.78 is 6.69. The zero-order chi connectivity index (χ0) is 50.2. The van der Waals surface area contributed by atoms with Gasteiger partial charge in [-0.1, -0.05) is 106 Å². The molecule has 8 saturated carbocycles. The number of allylic oxidation sites excluding steroid dienone is 6. The van der Waals surface area contributed by atoms with Crippen LogP contribution < -0.4 is 0 Å². The van der Waals surface area contributed by atoms with Crippen LogP contribution in [0.25, 0.3) is 0 Å². The van der Waals surface area contributed by atoms with Gasteiger partial charge in [0, 0.05) is 10.8 Å². The first-order valence-electron chi connectivity index (χ1n) is 27.5. The molecule has 7 heteroatoms. The molecule has 0 aromatic heterocycles. The van der Waals surface area contributed by atoms with Crippen LogP contribution >= 0.6 is 0 Å². The fourth-order valence-corrected chi connectivity index (χ4v) is 22.5. The van der Waals surface area contributed by atoms with Crippen LogP contribution in [-0.4, -0.2) is 23.5 Å². The first-order chi connectivity index (χ1) is 32.1. The number of carbonyl (C=O) groups is 4. The van der Waals surface area contributed by atoms with Crippen molar-refractivity contribution in [1.82, 2.24) is 0 Å². The van der Waals surface area contributed by atoms with E-state index in [9.17, 15) is 20.1 Å². The number of Topliss-reactive ketones (excluding diaryl/α,β-unsaturated/α-hetero) is 2. The van der Waals surface area contributed by atoms with Gasteiger partial charge in [-0.05, 0) is 208 Å². The van der Waals surface area contributed by atoms with Crippen LogP contribution in [0.3, 0.4) is 0 Å². The van der Waals surface area contributed by atoms with Crippen LogP contribution in [0.1, 0.15) is 186 Å². The van der Waals surface area contributed by atoms with Crippen LogP contribution in [0.5, 0.6) is 0 Å². The molecule has 372 valence electrons. The van der Waals surface area contributed by atoms with Gasteiger partial charge in [-0.15, -0.1) is 0 Å². The van der Waals surface area contributed by atoms with Crippen molar-refractivity contribution in [3.8, 4) is 12.1 Å². The summed E-state index contributed by atoms with van der Waals surface area (Å²) >= 11 is 0. The molecule has 0 aromatic carbocycles. The van der Waals surface area contributed by atoms with Crippen LogP contribution in [0.15, 0.2) is 47.6 Å². The maximum atomic E-state index is 15.6. The minimum atomic E-state index is -0.757. The van der Waals surface area contributed by atoms with Gasteiger partial charge in [-0.2, -0.15) is 10.5 Å². The van der Waals surface area contributed by atoms with Crippen LogP contribution in [0.2, 0.25) is 0 Å². The van der Waals surface area contributed by atoms with Crippen LogP contribution in [-0.2, 0) is 23.9 Å². The lowest BCUT2D eigenvalue weighted by Gasteiger charge is -2.71. The van der Waals surface area contributed by atoms with Gasteiger partial charge >= 0.3 is 11.9 Å². The molecule has 0 bridgehead atoms. The lowest BCUT2D eigenvalue weighted by molar-refractivity contribution is -0.229. The molecule has 0 spiro atoms. The van der Waals surface area contributed by atoms with Crippen LogP contribution in [0, 0.1) is 136 Å². The van der Waals surface area contributed by atoms with E-state index in [1.54, 1.807) is 0 Å². The van der Waals surface area contributed by atoms with E-state index >= 15 is 9.59 Å². The van der Waals surface area contributed by atoms with E-state index in [4.69, 9.17) is 4.74 Å². The van der Waals surface area contributed by atoms with E-state index < -0.39 is 21.7 Å². The molecule has 0 saturated heterocycles. The summed E-state index contributed by atoms with van der Waals surface area (Å²) in [5.41, 5.74) is -0.738. The molecule has 10 rings (SSSR count). The second-order valence-corrected chi connectivity index (χ2v) is 28.5. The number of nitrogens with zero attached hydrogens (tertiary/aromatic N) is 2. The van der Waals surface area contributed by atoms with E-state index in [2.05, 4.69) is 121 Å². The highest BCUT2D eigenvalue weighted by atomic mass is 16.6. The van der Waals surface area contributed by atoms with E-state index in [-0.39, 0.29) is 103 Å². The average Bonchev–Trinajstić information content (AvgIpc) is 3.88. The fraction of sp³-hybridized carbons (Fsp3) is 0.774. The summed E-state index contributed by atoms with van der Waals surface area (Å²) in [6.07, 6.45) is 18.3. The SMILES string of the molecule is C=C(C)[C@@H]1CC[C@]2(C(=O)OC(=O)[C@]34CC[C@@H](C(=C)C)[C@@H]3[C@H]3CCC5[C@@]6(C)C=C(C#N)C(=O)C(C)(C)[C@@H]6CC[C@@]5(C)[C@]3(C)CC4)CC[C@]3(C)[C@H](CCC4[C@@]5(C)C=C(C#N)C(=O)C(C)(C)[C@@H]5CC[C@]43C)[C@@H]12. The third kappa shape index (κ3) is 5.78. The number of hydrogen-bond acceptors (Lipinski definition) is 7. The van der Waals surface area contributed by atoms with Gasteiger partial charge in [-0.3, -0.25) is 19.2 Å². The van der Waals surface area contributed by atoms with Gasteiger partial charge in [0.15, 0.2) is 11.6 Å². The molecule has 10 aliphatic carbocycles. The van der Waals surface area contributed by atoms with Crippen molar-refractivity contribution in [2.24, 2.45) is 113 Å². The van der Waals surface area contributed by atoms with Gasteiger partial charge in [0.2, 0.25) is 0 Å². The highest BCUT2D eigenvalue weighted by Crippen LogP contribution is 2.79. The summed E-state index contributed by atoms with van der Waals surface area (Å²) in [7, 11) is 0. The Labute approximate surface area is 415 Å². The predicted octanol–water partition coefficient (Wildman–Crippen LogP) is 13.8. The lowest BCUT2D eigenvalue weighted by Crippen LogP contribution is -2.67. The molecule has 0 aliphatic heterocycles. The Bertz CT molecular complexity index is 2340. The third-order valence-electron chi connectivity index (χ3n) is 26.0. The maximum absolute atomic E-state index is 15.6. The van der Waals surface area contributed by atoms with Gasteiger partial charge in [0.25, 0.3) is 0 Å². The number of fused-ring (bicyclic) bond motifs is 14. The van der Waals surface area contributed by atoms with E-state index in [1.165, 1.54) is 0 Å². The van der Waals surface area contributed by atoms with Gasteiger partial charge in [0.05, 0.1) is 22.0 Å². The van der Waals surface area contributed by atoms with Crippen molar-refractivity contribution >= 4 is 23.5 Å². The standard InChI is InChI=1S/C62H84N2O5/c1-35(2)39-19-25-61(29-27-57(11)41(47(39)61)15-17-45-55(9)31-37(33-63)49(65)53(5,6)43(55)21-23-59(45,57)13)51(67)69-52(68)62-26-20-40(36(3)4)48(62)42-16-18-46-56(10)32-38(34-64)50(66)54(7,8)44(56)22-24-60(46,14)58(42,12)28-30-62/h31-32,39-48H,1,3,15-30H2,2,4-14H3/t39-,40-,41+,42+,43-,44-,45?,46?,47+,48+,55-,56-,57+,58+,59+,60+,61-,62-/m0/s1. The van der Waals surface area contributed by atoms with Crippen LogP contribution in [0.4, 0.5) is 0 Å². The Morgan fingerprint density at radius 1 is 0.507 bits per heavy atom. The number of hydrogen-bond donors (Lipinski definition) is 0. The second kappa shape index (κ2) is 15.0. The first kappa shape index (κ1) is 49.0. The zero-order valence-corrected chi connectivity index (χ0v) is 44.6. The normalized spacial score (nSPS) is 50.8. The average molecular weight is 937 g/mol. The Morgan fingerprint density at radius 2 is 0.870 bits per heavy atom. The zero-order valence-electron chi connectivity index (χ0n) is 44.6. The van der Waals surface area contributed by atoms with E-state index in [0.717, 1.165) is 88.2 Å². The smallest absolute Gasteiger partial charge is 0.320 e. The minimum Gasteiger partial charge on any atom is -0.392 e. The highest BCUT2D eigenvalue weighted by molar-refractivity contribution is 6.04. The molecule has 10 aliphatic rings. The lowest BCUT2D eigenvalue weighted by atomic mass is 9.32. The van der Waals surface area contributed by atoms with Gasteiger partial charge in [0.1, 0.15) is 12.1 Å². The third-order valence-corrected chi connectivity index (χ3v) is 26.0. The number of carbonyl (C=O) groups excluding carboxylic acids is 4. The van der Waals surface area contributed by atoms with Gasteiger partial charge < -0.3 is 4.74 Å². The summed E-state index contributed by atoms with van der Waals surface area (Å²) in [5.74, 6) is 1.21. The van der Waals surface area contributed by atoms with Crippen molar-refractivity contribution < 1.29 is 23.9 Å². The fourth-order valence-electron chi connectivity index (χ4n) is 22.5. The highest BCUT2D eigenvalue weighted by Gasteiger charge is 2.75. The first-order valence-corrected chi connectivity index (χ1v) is 27.5. The molecule has 0 aromatic rings. The molecule has 7 nitrogen and oxygen atoms in total. The number of ketones is 2. The molecule has 69 heavy (non-hydrogen) atoms. The molecule has 0 amide bonds. The summed E-state index contributed by atoms with van der Waals surface area (Å²) in [4.78, 5) is 58.6. The number of rotatable bonds is 4. The van der Waals surface area contributed by atoms with Gasteiger partial charge in [-0.25, -0.2) is 0 Å². The molecule has 0 N–H and O–H groups in total. The summed E-state index contributed by atoms with van der Waals surface area (Å²) in [6, 6.07) is 4.62. The summed E-state index contributed by atoms with van der Waals surface area (Å²) in [6.45, 7) is 36.5. The molecular formula is C62H84N2O5. The maximum Gasteiger partial charge on any atom is 0.320 e. The Kier molecular flexibility index (Phi) is 10.7. The number of nitriles is 2. The molecule has 0 heterocycles. The molecule has 18 atom stereocenters. The topological polar surface area (TPSA) is 125 Å². The number of ether oxygens (including phenoxy) is 1. The van der Waals surface area contributed by atoms with Crippen molar-refractivity contribution in [3.63, 3.8) is 0 Å². The van der Waals surface area contributed by atoms with Crippen molar-refractivity contribution in [1.29, 1.82) is 10.5 Å². The van der Waals surface area contributed by atoms with E-state index in [0.29, 0.717) is 48.7 Å². The number of esters is 2. The Hall–Kier alpha value is -3.58. The van der Waals surface area contributed by atoms with Crippen molar-refractivity contribution in [3.05, 3.63) is 47.6 Å². The molecule has 0 radical (unpaired) electrons. The second-order valence-electron chi connectivity index (χ2n) is 28.5. The largest absolute Gasteiger partial charge is 0.392 e.